The molecule has 9 nitrogen and oxygen atoms in total. The average molecular weight is 419 g/mol. The highest BCUT2D eigenvalue weighted by molar-refractivity contribution is 7.48. The fourth-order valence-corrected chi connectivity index (χ4v) is 4.87. The molecular weight excluding hydrogens is 397 g/mol. The summed E-state index contributed by atoms with van der Waals surface area (Å²) in [6.45, 7) is 3.65. The molecule has 1 aliphatic heterocycles. The Morgan fingerprint density at radius 3 is 2.41 bits per heavy atom. The number of rotatable bonds is 7. The van der Waals surface area contributed by atoms with Crippen LogP contribution >= 0.6 is 7.82 Å². The van der Waals surface area contributed by atoms with Gasteiger partial charge in [0.05, 0.1) is 31.1 Å². The van der Waals surface area contributed by atoms with Gasteiger partial charge in [-0.05, 0) is 38.8 Å². The molecule has 0 spiro atoms. The van der Waals surface area contributed by atoms with Crippen molar-refractivity contribution < 1.29 is 18.1 Å². The van der Waals surface area contributed by atoms with Gasteiger partial charge in [0.2, 0.25) is 0 Å². The van der Waals surface area contributed by atoms with Crippen LogP contribution in [0.4, 0.5) is 0 Å². The van der Waals surface area contributed by atoms with Crippen molar-refractivity contribution in [3.05, 3.63) is 68.7 Å². The van der Waals surface area contributed by atoms with Crippen LogP contribution in [-0.2, 0) is 18.1 Å². The smallest absolute Gasteiger partial charge is 0.402 e. The number of allylic oxidation sites excluding steroid dienone is 2. The molecule has 0 saturated heterocycles. The van der Waals surface area contributed by atoms with Gasteiger partial charge in [-0.1, -0.05) is 24.3 Å². The summed E-state index contributed by atoms with van der Waals surface area (Å²) < 4.78 is 32.7. The molecule has 0 N–H and O–H groups in total. The molecule has 0 saturated carbocycles. The third-order valence-electron chi connectivity index (χ3n) is 4.79. The SMILES string of the molecule is CCOP(=O)(OCC)OC1=Cn2c(=O)n(-c3ccccc3)c(=O)n2[C@H]2CCC=C12. The number of hydrogen-bond acceptors (Lipinski definition) is 6. The highest BCUT2D eigenvalue weighted by Gasteiger charge is 2.38. The van der Waals surface area contributed by atoms with Crippen molar-refractivity contribution in [1.29, 1.82) is 0 Å². The monoisotopic (exact) mass is 419 g/mol. The molecule has 0 unspecified atom stereocenters. The van der Waals surface area contributed by atoms with Crippen LogP contribution in [0.15, 0.2) is 57.3 Å². The van der Waals surface area contributed by atoms with Gasteiger partial charge >= 0.3 is 19.2 Å². The maximum Gasteiger partial charge on any atom is 0.530 e. The molecule has 2 heterocycles. The number of aromatic nitrogens is 3. The average Bonchev–Trinajstić information content (AvgIpc) is 3.27. The van der Waals surface area contributed by atoms with Gasteiger partial charge < -0.3 is 4.52 Å². The minimum absolute atomic E-state index is 0.141. The van der Waals surface area contributed by atoms with Crippen LogP contribution in [0.3, 0.4) is 0 Å². The second-order valence-electron chi connectivity index (χ2n) is 6.55. The molecule has 1 atom stereocenters. The fourth-order valence-electron chi connectivity index (χ4n) is 3.67. The van der Waals surface area contributed by atoms with Gasteiger partial charge in [0, 0.05) is 5.57 Å². The van der Waals surface area contributed by atoms with E-state index in [-0.39, 0.29) is 19.0 Å². The summed E-state index contributed by atoms with van der Waals surface area (Å²) in [4.78, 5) is 26.1. The molecule has 4 rings (SSSR count). The quantitative estimate of drug-likeness (QED) is 0.641. The lowest BCUT2D eigenvalue weighted by Gasteiger charge is -2.26. The van der Waals surface area contributed by atoms with Crippen molar-refractivity contribution in [2.75, 3.05) is 13.2 Å². The van der Waals surface area contributed by atoms with Crippen LogP contribution in [0, 0.1) is 0 Å². The second kappa shape index (κ2) is 7.67. The minimum atomic E-state index is -3.85. The van der Waals surface area contributed by atoms with E-state index in [1.165, 1.54) is 15.6 Å². The highest BCUT2D eigenvalue weighted by atomic mass is 31.2. The fraction of sp³-hybridized carbons (Fsp3) is 0.368. The van der Waals surface area contributed by atoms with Gasteiger partial charge in [0.25, 0.3) is 0 Å². The number of fused-ring (bicyclic) bond motifs is 3. The minimum Gasteiger partial charge on any atom is -0.402 e. The van der Waals surface area contributed by atoms with Crippen molar-refractivity contribution in [3.8, 4) is 5.69 Å². The lowest BCUT2D eigenvalue weighted by Crippen LogP contribution is -2.32. The molecule has 1 aromatic carbocycles. The molecule has 0 bridgehead atoms. The predicted molar refractivity (Wildman–Crippen MR) is 107 cm³/mol. The Bertz CT molecular complexity index is 1130. The number of nitrogens with zero attached hydrogens (tertiary/aromatic N) is 3. The zero-order valence-electron chi connectivity index (χ0n) is 16.2. The molecule has 1 aliphatic carbocycles. The van der Waals surface area contributed by atoms with Gasteiger partial charge in [0.15, 0.2) is 5.76 Å². The maximum atomic E-state index is 13.1. The van der Waals surface area contributed by atoms with Crippen LogP contribution < -0.4 is 11.4 Å². The van der Waals surface area contributed by atoms with Gasteiger partial charge in [-0.2, -0.15) is 0 Å². The summed E-state index contributed by atoms with van der Waals surface area (Å²) in [5.41, 5.74) is 0.200. The van der Waals surface area contributed by atoms with E-state index in [1.807, 2.05) is 12.1 Å². The lowest BCUT2D eigenvalue weighted by atomic mass is 10.1. The third kappa shape index (κ3) is 3.35. The summed E-state index contributed by atoms with van der Waals surface area (Å²) in [6.07, 6.45) is 4.62. The first-order valence-electron chi connectivity index (χ1n) is 9.51. The van der Waals surface area contributed by atoms with Gasteiger partial charge in [-0.15, -0.1) is 0 Å². The molecule has 154 valence electrons. The zero-order chi connectivity index (χ0) is 20.6. The molecule has 2 aliphatic rings. The summed E-state index contributed by atoms with van der Waals surface area (Å²) in [7, 11) is -3.85. The topological polar surface area (TPSA) is 93.7 Å². The van der Waals surface area contributed by atoms with Crippen LogP contribution in [-0.4, -0.2) is 27.1 Å². The molecule has 0 radical (unpaired) electrons. The largest absolute Gasteiger partial charge is 0.530 e. The van der Waals surface area contributed by atoms with E-state index in [0.717, 1.165) is 4.57 Å². The first-order valence-corrected chi connectivity index (χ1v) is 11.0. The number of para-hydroxylation sites is 1. The summed E-state index contributed by atoms with van der Waals surface area (Å²) in [6, 6.07) is 8.32. The van der Waals surface area contributed by atoms with Crippen LogP contribution in [0.25, 0.3) is 11.9 Å². The molecule has 1 aromatic heterocycles. The molecule has 29 heavy (non-hydrogen) atoms. The Labute approximate surface area is 167 Å². The second-order valence-corrected chi connectivity index (χ2v) is 8.14. The van der Waals surface area contributed by atoms with Crippen LogP contribution in [0.5, 0.6) is 0 Å². The molecule has 2 aromatic rings. The number of hydrogen-bond donors (Lipinski definition) is 0. The Kier molecular flexibility index (Phi) is 5.21. The van der Waals surface area contributed by atoms with E-state index < -0.39 is 25.2 Å². The molecular formula is C19H22N3O6P. The normalized spacial score (nSPS) is 18.1. The first-order chi connectivity index (χ1) is 14.0. The van der Waals surface area contributed by atoms with Crippen molar-refractivity contribution >= 4 is 14.0 Å². The van der Waals surface area contributed by atoms with E-state index in [2.05, 4.69) is 0 Å². The Morgan fingerprint density at radius 2 is 1.76 bits per heavy atom. The molecule has 10 heteroatoms. The first kappa shape index (κ1) is 19.7. The summed E-state index contributed by atoms with van der Waals surface area (Å²) in [5.74, 6) is 0.213. The van der Waals surface area contributed by atoms with E-state index in [0.29, 0.717) is 24.1 Å². The van der Waals surface area contributed by atoms with Gasteiger partial charge in [-0.25, -0.2) is 28.1 Å². The van der Waals surface area contributed by atoms with Crippen molar-refractivity contribution in [1.82, 2.24) is 13.9 Å². The van der Waals surface area contributed by atoms with Crippen molar-refractivity contribution in [2.24, 2.45) is 0 Å². The van der Waals surface area contributed by atoms with Crippen LogP contribution in [0.2, 0.25) is 0 Å². The summed E-state index contributed by atoms with van der Waals surface area (Å²) in [5, 5.41) is 0. The highest BCUT2D eigenvalue weighted by Crippen LogP contribution is 2.54. The molecule has 0 amide bonds. The molecule has 0 fully saturated rings. The van der Waals surface area contributed by atoms with E-state index >= 15 is 0 Å². The summed E-state index contributed by atoms with van der Waals surface area (Å²) >= 11 is 0. The van der Waals surface area contributed by atoms with Crippen molar-refractivity contribution in [3.63, 3.8) is 0 Å². The van der Waals surface area contributed by atoms with E-state index in [4.69, 9.17) is 13.6 Å². The van der Waals surface area contributed by atoms with Crippen LogP contribution in [0.1, 0.15) is 32.7 Å². The van der Waals surface area contributed by atoms with Gasteiger partial charge in [-0.3, -0.25) is 9.05 Å². The zero-order valence-corrected chi connectivity index (χ0v) is 17.1. The third-order valence-corrected chi connectivity index (χ3v) is 6.36. The Morgan fingerprint density at radius 1 is 1.07 bits per heavy atom. The maximum absolute atomic E-state index is 13.1. The standard InChI is InChI=1S/C19H22N3O6P/c1-3-26-29(25,27-4-2)28-17-13-20-18(23)21(14-9-6-5-7-10-14)19(24)22(20)16-12-8-11-15(16)17/h5-7,9-11,13,16H,3-4,8,12H2,1-2H3/t16-/m0/s1. The Hall–Kier alpha value is -2.61. The predicted octanol–water partition coefficient (Wildman–Crippen LogP) is 3.07. The van der Waals surface area contributed by atoms with Crippen molar-refractivity contribution in [2.45, 2.75) is 32.7 Å². The Balaban J connectivity index is 1.85. The van der Waals surface area contributed by atoms with E-state index in [9.17, 15) is 14.2 Å². The van der Waals surface area contributed by atoms with E-state index in [1.54, 1.807) is 38.1 Å². The lowest BCUT2D eigenvalue weighted by molar-refractivity contribution is 0.145. The number of phosphoric ester groups is 1. The number of benzene rings is 1. The van der Waals surface area contributed by atoms with Gasteiger partial charge in [0.1, 0.15) is 0 Å². The number of phosphoric acid groups is 1.